The maximum absolute atomic E-state index is 11.8. The zero-order valence-corrected chi connectivity index (χ0v) is 12.0. The normalized spacial score (nSPS) is 10.8. The van der Waals surface area contributed by atoms with Gasteiger partial charge in [-0.05, 0) is 30.9 Å². The van der Waals surface area contributed by atoms with E-state index >= 15 is 0 Å². The van der Waals surface area contributed by atoms with Gasteiger partial charge in [-0.1, -0.05) is 27.2 Å². The van der Waals surface area contributed by atoms with Crippen molar-refractivity contribution in [3.05, 3.63) is 33.2 Å². The van der Waals surface area contributed by atoms with E-state index in [-0.39, 0.29) is 11.1 Å². The average molecular weight is 266 g/mol. The first kappa shape index (κ1) is 15.4. The predicted octanol–water partition coefficient (Wildman–Crippen LogP) is 1.95. The second-order valence-corrected chi connectivity index (χ2v) is 5.06. The average Bonchev–Trinajstić information content (AvgIpc) is 2.33. The SMILES string of the molecule is CCCc1[nH]c(=O)c(C(=O)NOCC(C)C)cc1C. The van der Waals surface area contributed by atoms with Crippen LogP contribution in [0, 0.1) is 12.8 Å². The van der Waals surface area contributed by atoms with E-state index in [1.165, 1.54) is 0 Å². The Hall–Kier alpha value is -1.62. The Morgan fingerprint density at radius 2 is 2.16 bits per heavy atom. The molecule has 0 fully saturated rings. The van der Waals surface area contributed by atoms with Gasteiger partial charge in [0.1, 0.15) is 5.56 Å². The topological polar surface area (TPSA) is 71.2 Å². The van der Waals surface area contributed by atoms with Gasteiger partial charge in [-0.3, -0.25) is 14.4 Å². The first-order valence-electron chi connectivity index (χ1n) is 6.60. The molecule has 0 saturated heterocycles. The fraction of sp³-hybridized carbons (Fsp3) is 0.571. The Labute approximate surface area is 113 Å². The number of H-pyrrole nitrogens is 1. The number of hydrogen-bond acceptors (Lipinski definition) is 3. The van der Waals surface area contributed by atoms with Crippen molar-refractivity contribution in [2.24, 2.45) is 5.92 Å². The van der Waals surface area contributed by atoms with Gasteiger partial charge in [-0.25, -0.2) is 5.48 Å². The summed E-state index contributed by atoms with van der Waals surface area (Å²) in [4.78, 5) is 31.4. The van der Waals surface area contributed by atoms with E-state index in [0.717, 1.165) is 24.1 Å². The summed E-state index contributed by atoms with van der Waals surface area (Å²) < 4.78 is 0. The van der Waals surface area contributed by atoms with Crippen molar-refractivity contribution < 1.29 is 9.63 Å². The number of carbonyl (C=O) groups is 1. The van der Waals surface area contributed by atoms with Crippen LogP contribution in [-0.2, 0) is 11.3 Å². The molecule has 1 amide bonds. The second kappa shape index (κ2) is 7.09. The largest absolute Gasteiger partial charge is 0.325 e. The van der Waals surface area contributed by atoms with Crippen LogP contribution >= 0.6 is 0 Å². The number of pyridine rings is 1. The Kier molecular flexibility index (Phi) is 5.76. The van der Waals surface area contributed by atoms with Crippen LogP contribution in [0.5, 0.6) is 0 Å². The van der Waals surface area contributed by atoms with E-state index in [0.29, 0.717) is 12.5 Å². The molecule has 0 aromatic carbocycles. The number of hydrogen-bond donors (Lipinski definition) is 2. The first-order valence-corrected chi connectivity index (χ1v) is 6.60. The molecule has 1 aromatic rings. The minimum Gasteiger partial charge on any atom is -0.325 e. The molecule has 0 saturated carbocycles. The molecule has 1 heterocycles. The molecule has 5 nitrogen and oxygen atoms in total. The maximum atomic E-state index is 11.8. The number of hydroxylamine groups is 1. The standard InChI is InChI=1S/C14H22N2O3/c1-5-6-12-10(4)7-11(13(17)15-12)14(18)16-19-8-9(2)3/h7,9H,5-6,8H2,1-4H3,(H,15,17)(H,16,18). The van der Waals surface area contributed by atoms with Gasteiger partial charge < -0.3 is 4.98 Å². The summed E-state index contributed by atoms with van der Waals surface area (Å²) in [5, 5.41) is 0. The van der Waals surface area contributed by atoms with Gasteiger partial charge in [-0.2, -0.15) is 0 Å². The van der Waals surface area contributed by atoms with Gasteiger partial charge in [0.25, 0.3) is 11.5 Å². The highest BCUT2D eigenvalue weighted by Crippen LogP contribution is 2.06. The maximum Gasteiger partial charge on any atom is 0.280 e. The zero-order chi connectivity index (χ0) is 14.4. The van der Waals surface area contributed by atoms with Crippen LogP contribution in [0.3, 0.4) is 0 Å². The summed E-state index contributed by atoms with van der Waals surface area (Å²) in [6.07, 6.45) is 1.74. The predicted molar refractivity (Wildman–Crippen MR) is 74.1 cm³/mol. The van der Waals surface area contributed by atoms with Gasteiger partial charge in [0.2, 0.25) is 0 Å². The van der Waals surface area contributed by atoms with Crippen molar-refractivity contribution in [2.45, 2.75) is 40.5 Å². The van der Waals surface area contributed by atoms with Crippen LogP contribution in [0.1, 0.15) is 48.8 Å². The third kappa shape index (κ3) is 4.52. The summed E-state index contributed by atoms with van der Waals surface area (Å²) in [6.45, 7) is 8.28. The Morgan fingerprint density at radius 1 is 1.47 bits per heavy atom. The molecule has 0 bridgehead atoms. The molecule has 19 heavy (non-hydrogen) atoms. The van der Waals surface area contributed by atoms with Crippen LogP contribution in [-0.4, -0.2) is 17.5 Å². The number of rotatable bonds is 6. The van der Waals surface area contributed by atoms with Crippen molar-refractivity contribution in [3.63, 3.8) is 0 Å². The van der Waals surface area contributed by atoms with Crippen molar-refractivity contribution in [2.75, 3.05) is 6.61 Å². The number of amides is 1. The Balaban J connectivity index is 2.81. The van der Waals surface area contributed by atoms with E-state index < -0.39 is 5.91 Å². The van der Waals surface area contributed by atoms with E-state index in [1.54, 1.807) is 6.07 Å². The molecular weight excluding hydrogens is 244 g/mol. The van der Waals surface area contributed by atoms with Crippen LogP contribution < -0.4 is 11.0 Å². The molecule has 0 atom stereocenters. The van der Waals surface area contributed by atoms with Gasteiger partial charge in [0, 0.05) is 5.69 Å². The first-order chi connectivity index (χ1) is 8.95. The van der Waals surface area contributed by atoms with E-state index in [1.807, 2.05) is 27.7 Å². The highest BCUT2D eigenvalue weighted by atomic mass is 16.6. The Morgan fingerprint density at radius 3 is 2.74 bits per heavy atom. The molecule has 0 aliphatic carbocycles. The third-order valence-corrected chi connectivity index (χ3v) is 2.67. The van der Waals surface area contributed by atoms with Crippen LogP contribution in [0.2, 0.25) is 0 Å². The molecule has 0 unspecified atom stereocenters. The molecule has 1 aromatic heterocycles. The zero-order valence-electron chi connectivity index (χ0n) is 12.0. The van der Waals surface area contributed by atoms with Gasteiger partial charge in [0.05, 0.1) is 6.61 Å². The summed E-state index contributed by atoms with van der Waals surface area (Å²) >= 11 is 0. The lowest BCUT2D eigenvalue weighted by Crippen LogP contribution is -2.31. The third-order valence-electron chi connectivity index (χ3n) is 2.67. The monoisotopic (exact) mass is 266 g/mol. The van der Waals surface area contributed by atoms with Gasteiger partial charge in [0.15, 0.2) is 0 Å². The minimum atomic E-state index is -0.506. The summed E-state index contributed by atoms with van der Waals surface area (Å²) in [5.41, 5.74) is 3.79. The van der Waals surface area contributed by atoms with Crippen molar-refractivity contribution in [1.82, 2.24) is 10.5 Å². The molecule has 0 aliphatic rings. The van der Waals surface area contributed by atoms with Crippen molar-refractivity contribution in [1.29, 1.82) is 0 Å². The molecule has 106 valence electrons. The number of aromatic nitrogens is 1. The fourth-order valence-electron chi connectivity index (χ4n) is 1.68. The summed E-state index contributed by atoms with van der Waals surface area (Å²) in [5.74, 6) is -0.194. The molecule has 0 radical (unpaired) electrons. The van der Waals surface area contributed by atoms with E-state index in [4.69, 9.17) is 4.84 Å². The molecule has 5 heteroatoms. The number of carbonyl (C=O) groups excluding carboxylic acids is 1. The van der Waals surface area contributed by atoms with Crippen molar-refractivity contribution >= 4 is 5.91 Å². The highest BCUT2D eigenvalue weighted by molar-refractivity contribution is 5.93. The lowest BCUT2D eigenvalue weighted by molar-refractivity contribution is 0.0207. The van der Waals surface area contributed by atoms with Crippen LogP contribution in [0.4, 0.5) is 0 Å². The number of nitrogens with one attached hydrogen (secondary N) is 2. The van der Waals surface area contributed by atoms with Gasteiger partial charge in [-0.15, -0.1) is 0 Å². The fourth-order valence-corrected chi connectivity index (χ4v) is 1.68. The van der Waals surface area contributed by atoms with E-state index in [2.05, 4.69) is 10.5 Å². The van der Waals surface area contributed by atoms with E-state index in [9.17, 15) is 9.59 Å². The summed E-state index contributed by atoms with van der Waals surface area (Å²) in [7, 11) is 0. The van der Waals surface area contributed by atoms with Crippen molar-refractivity contribution in [3.8, 4) is 0 Å². The lowest BCUT2D eigenvalue weighted by Gasteiger charge is -2.09. The number of aryl methyl sites for hydroxylation is 2. The molecule has 0 aliphatic heterocycles. The summed E-state index contributed by atoms with van der Waals surface area (Å²) in [6, 6.07) is 1.61. The number of aromatic amines is 1. The lowest BCUT2D eigenvalue weighted by atomic mass is 10.1. The second-order valence-electron chi connectivity index (χ2n) is 5.06. The molecule has 1 rings (SSSR count). The highest BCUT2D eigenvalue weighted by Gasteiger charge is 2.13. The minimum absolute atomic E-state index is 0.0844. The Bertz CT molecular complexity index is 492. The van der Waals surface area contributed by atoms with Crippen LogP contribution in [0.25, 0.3) is 0 Å². The molecule has 2 N–H and O–H groups in total. The quantitative estimate of drug-likeness (QED) is 0.773. The molecule has 0 spiro atoms. The molecular formula is C14H22N2O3. The smallest absolute Gasteiger partial charge is 0.280 e. The van der Waals surface area contributed by atoms with Crippen LogP contribution in [0.15, 0.2) is 10.9 Å². The van der Waals surface area contributed by atoms with Gasteiger partial charge >= 0.3 is 0 Å².